The molecule has 1 fully saturated rings. The van der Waals surface area contributed by atoms with Gasteiger partial charge in [-0.2, -0.15) is 0 Å². The van der Waals surface area contributed by atoms with Gasteiger partial charge in [0.15, 0.2) is 0 Å². The highest BCUT2D eigenvalue weighted by molar-refractivity contribution is 5.94. The van der Waals surface area contributed by atoms with E-state index in [0.717, 1.165) is 31.5 Å². The Morgan fingerprint density at radius 3 is 2.90 bits per heavy atom. The molecule has 29 heavy (non-hydrogen) atoms. The minimum Gasteiger partial charge on any atom is -0.467 e. The molecule has 0 spiro atoms. The van der Waals surface area contributed by atoms with Crippen LogP contribution >= 0.6 is 0 Å². The largest absolute Gasteiger partial charge is 0.467 e. The third-order valence-electron chi connectivity index (χ3n) is 5.00. The maximum atomic E-state index is 12.5. The van der Waals surface area contributed by atoms with Crippen LogP contribution in [0.1, 0.15) is 41.4 Å². The van der Waals surface area contributed by atoms with E-state index < -0.39 is 0 Å². The Labute approximate surface area is 171 Å². The van der Waals surface area contributed by atoms with E-state index in [0.29, 0.717) is 43.5 Å². The van der Waals surface area contributed by atoms with Gasteiger partial charge in [-0.3, -0.25) is 4.79 Å². The van der Waals surface area contributed by atoms with Crippen LogP contribution in [0.3, 0.4) is 0 Å². The van der Waals surface area contributed by atoms with E-state index in [1.807, 2.05) is 30.0 Å². The highest BCUT2D eigenvalue weighted by Gasteiger charge is 2.23. The van der Waals surface area contributed by atoms with Gasteiger partial charge in [0.2, 0.25) is 0 Å². The van der Waals surface area contributed by atoms with Crippen molar-refractivity contribution in [2.75, 3.05) is 26.3 Å². The molecule has 7 nitrogen and oxygen atoms in total. The lowest BCUT2D eigenvalue weighted by Gasteiger charge is -2.32. The summed E-state index contributed by atoms with van der Waals surface area (Å²) >= 11 is 0. The van der Waals surface area contributed by atoms with Gasteiger partial charge in [0.25, 0.3) is 5.91 Å². The number of ether oxygens (including phenoxy) is 1. The van der Waals surface area contributed by atoms with Gasteiger partial charge in [0, 0.05) is 37.7 Å². The molecule has 3 amide bonds. The molecule has 7 heteroatoms. The lowest BCUT2D eigenvalue weighted by molar-refractivity contribution is 0.0756. The molecule has 1 aromatic carbocycles. The molecule has 0 aliphatic carbocycles. The number of carbonyl (C=O) groups excluding carboxylic acids is 2. The minimum atomic E-state index is -0.177. The van der Waals surface area contributed by atoms with Crippen LogP contribution < -0.4 is 10.6 Å². The van der Waals surface area contributed by atoms with Crippen molar-refractivity contribution in [1.82, 2.24) is 15.5 Å². The lowest BCUT2D eigenvalue weighted by Crippen LogP contribution is -2.46. The van der Waals surface area contributed by atoms with E-state index in [2.05, 4.69) is 10.6 Å². The summed E-state index contributed by atoms with van der Waals surface area (Å²) in [6.07, 6.45) is 3.67. The Bertz CT molecular complexity index is 791. The minimum absolute atomic E-state index is 0.0705. The van der Waals surface area contributed by atoms with Crippen molar-refractivity contribution in [3.63, 3.8) is 0 Å². The molecule has 156 valence electrons. The molecule has 2 aromatic rings. The normalized spacial score (nSPS) is 16.4. The molecule has 2 heterocycles. The maximum Gasteiger partial charge on any atom is 0.317 e. The second-order valence-electron chi connectivity index (χ2n) is 7.23. The first kappa shape index (κ1) is 20.9. The van der Waals surface area contributed by atoms with Crippen LogP contribution in [0, 0.1) is 5.92 Å². The molecule has 1 aromatic heterocycles. The topological polar surface area (TPSA) is 83.8 Å². The zero-order valence-corrected chi connectivity index (χ0v) is 16.9. The number of hydrogen-bond acceptors (Lipinski definition) is 4. The number of urea groups is 1. The molecule has 1 atom stereocenters. The van der Waals surface area contributed by atoms with E-state index in [1.165, 1.54) is 0 Å². The fraction of sp³-hybridized carbons (Fsp3) is 0.455. The first-order chi connectivity index (χ1) is 14.2. The number of nitrogens with one attached hydrogen (secondary N) is 2. The van der Waals surface area contributed by atoms with Crippen molar-refractivity contribution in [3.05, 3.63) is 59.5 Å². The molecule has 0 saturated carbocycles. The summed E-state index contributed by atoms with van der Waals surface area (Å²) in [5, 5.41) is 5.79. The van der Waals surface area contributed by atoms with Gasteiger partial charge >= 0.3 is 6.03 Å². The van der Waals surface area contributed by atoms with E-state index in [-0.39, 0.29) is 11.9 Å². The van der Waals surface area contributed by atoms with Crippen molar-refractivity contribution in [2.24, 2.45) is 5.92 Å². The molecular weight excluding hydrogens is 370 g/mol. The molecule has 1 aliphatic heterocycles. The van der Waals surface area contributed by atoms with Gasteiger partial charge in [-0.05, 0) is 49.6 Å². The third-order valence-corrected chi connectivity index (χ3v) is 5.00. The lowest BCUT2D eigenvalue weighted by atomic mass is 9.99. The van der Waals surface area contributed by atoms with Crippen molar-refractivity contribution in [3.8, 4) is 0 Å². The van der Waals surface area contributed by atoms with Crippen molar-refractivity contribution in [2.45, 2.75) is 32.9 Å². The summed E-state index contributed by atoms with van der Waals surface area (Å²) in [4.78, 5) is 26.7. The molecule has 1 aliphatic rings. The number of amides is 3. The zero-order valence-electron chi connectivity index (χ0n) is 16.9. The average molecular weight is 399 g/mol. The van der Waals surface area contributed by atoms with Crippen LogP contribution in [-0.2, 0) is 17.8 Å². The number of nitrogens with zero attached hydrogens (tertiary/aromatic N) is 1. The molecule has 1 saturated heterocycles. The van der Waals surface area contributed by atoms with Crippen LogP contribution in [0.5, 0.6) is 0 Å². The number of likely N-dealkylation sites (tertiary alicyclic amines) is 1. The number of rotatable bonds is 8. The Morgan fingerprint density at radius 1 is 1.21 bits per heavy atom. The van der Waals surface area contributed by atoms with Gasteiger partial charge in [0.05, 0.1) is 19.4 Å². The molecule has 0 unspecified atom stereocenters. The third kappa shape index (κ3) is 6.35. The van der Waals surface area contributed by atoms with Crippen molar-refractivity contribution in [1.29, 1.82) is 0 Å². The quantitative estimate of drug-likeness (QED) is 0.714. The van der Waals surface area contributed by atoms with Gasteiger partial charge in [-0.15, -0.1) is 0 Å². The van der Waals surface area contributed by atoms with E-state index in [9.17, 15) is 9.59 Å². The summed E-state index contributed by atoms with van der Waals surface area (Å²) in [6.45, 7) is 5.60. The number of carbonyl (C=O) groups is 2. The fourth-order valence-corrected chi connectivity index (χ4v) is 3.46. The van der Waals surface area contributed by atoms with Crippen LogP contribution in [-0.4, -0.2) is 43.1 Å². The summed E-state index contributed by atoms with van der Waals surface area (Å²) in [5.41, 5.74) is 1.44. The van der Waals surface area contributed by atoms with Crippen molar-refractivity contribution >= 4 is 11.9 Å². The first-order valence-electron chi connectivity index (χ1n) is 10.2. The van der Waals surface area contributed by atoms with Gasteiger partial charge in [-0.25, -0.2) is 4.79 Å². The molecule has 0 radical (unpaired) electrons. The summed E-state index contributed by atoms with van der Waals surface area (Å²) in [5.74, 6) is 0.922. The SMILES string of the molecule is CCOC[C@@H]1CCCN(C(=O)NCc2cccc(C(=O)NCc3ccco3)c2)C1. The summed E-state index contributed by atoms with van der Waals surface area (Å²) in [7, 11) is 0. The van der Waals surface area contributed by atoms with Crippen LogP contribution in [0.2, 0.25) is 0 Å². The van der Waals surface area contributed by atoms with Gasteiger partial charge in [-0.1, -0.05) is 12.1 Å². The van der Waals surface area contributed by atoms with E-state index in [4.69, 9.17) is 9.15 Å². The summed E-state index contributed by atoms with van der Waals surface area (Å²) in [6, 6.07) is 10.8. The molecular formula is C22H29N3O4. The Kier molecular flexibility index (Phi) is 7.69. The smallest absolute Gasteiger partial charge is 0.317 e. The van der Waals surface area contributed by atoms with E-state index in [1.54, 1.807) is 24.5 Å². The number of piperidine rings is 1. The van der Waals surface area contributed by atoms with Crippen molar-refractivity contribution < 1.29 is 18.7 Å². The number of furan rings is 1. The Hall–Kier alpha value is -2.80. The maximum absolute atomic E-state index is 12.5. The second kappa shape index (κ2) is 10.7. The van der Waals surface area contributed by atoms with Gasteiger partial charge < -0.3 is 24.7 Å². The predicted octanol–water partition coefficient (Wildman–Crippen LogP) is 3.17. The standard InChI is InChI=1S/C22H29N3O4/c1-2-28-16-18-7-4-10-25(15-18)22(27)24-13-17-6-3-8-19(12-17)21(26)23-14-20-9-5-11-29-20/h3,5-6,8-9,11-12,18H,2,4,7,10,13-16H2,1H3,(H,23,26)(H,24,27)/t18-/m1/s1. The predicted molar refractivity (Wildman–Crippen MR) is 109 cm³/mol. The first-order valence-corrected chi connectivity index (χ1v) is 10.2. The highest BCUT2D eigenvalue weighted by Crippen LogP contribution is 2.17. The molecule has 2 N–H and O–H groups in total. The average Bonchev–Trinajstić information content (AvgIpc) is 3.28. The van der Waals surface area contributed by atoms with Crippen LogP contribution in [0.15, 0.2) is 47.1 Å². The number of hydrogen-bond donors (Lipinski definition) is 2. The zero-order chi connectivity index (χ0) is 20.5. The number of benzene rings is 1. The fourth-order valence-electron chi connectivity index (χ4n) is 3.46. The van der Waals surface area contributed by atoms with Crippen LogP contribution in [0.4, 0.5) is 4.79 Å². The molecule has 0 bridgehead atoms. The molecule has 3 rings (SSSR count). The second-order valence-corrected chi connectivity index (χ2v) is 7.23. The highest BCUT2D eigenvalue weighted by atomic mass is 16.5. The monoisotopic (exact) mass is 399 g/mol. The Morgan fingerprint density at radius 2 is 2.10 bits per heavy atom. The summed E-state index contributed by atoms with van der Waals surface area (Å²) < 4.78 is 10.7. The van der Waals surface area contributed by atoms with Gasteiger partial charge in [0.1, 0.15) is 5.76 Å². The Balaban J connectivity index is 1.48. The van der Waals surface area contributed by atoms with Crippen LogP contribution in [0.25, 0.3) is 0 Å². The van der Waals surface area contributed by atoms with E-state index >= 15 is 0 Å².